The average Bonchev–Trinajstić information content (AvgIpc) is 1.15. The van der Waals surface area contributed by atoms with Gasteiger partial charge in [-0.2, -0.15) is 0 Å². The molecule has 0 saturated carbocycles. The molecular weight excluding hydrogens is 1650 g/mol. The van der Waals surface area contributed by atoms with Crippen LogP contribution in [0.5, 0.6) is 0 Å². The Morgan fingerprint density at radius 1 is 0.534 bits per heavy atom. The number of ether oxygens (including phenoxy) is 3. The van der Waals surface area contributed by atoms with Gasteiger partial charge in [0.2, 0.25) is 0 Å². The van der Waals surface area contributed by atoms with E-state index in [9.17, 15) is 35.9 Å². The van der Waals surface area contributed by atoms with E-state index >= 15 is 0 Å². The second-order valence-corrected chi connectivity index (χ2v) is 41.8. The van der Waals surface area contributed by atoms with Crippen molar-refractivity contribution in [2.75, 3.05) is 61.7 Å². The number of nitrogen functional groups attached to an aromatic ring is 2. The number of nitrogens with one attached hydrogen (secondary N) is 2. The van der Waals surface area contributed by atoms with E-state index in [1.54, 1.807) is 71.9 Å². The maximum absolute atomic E-state index is 13.9. The second-order valence-electron chi connectivity index (χ2n) is 27.0. The fourth-order valence-electron chi connectivity index (χ4n) is 6.21. The Kier molecular flexibility index (Phi) is 52.2. The van der Waals surface area contributed by atoms with Gasteiger partial charge in [0.15, 0.2) is 43.2 Å². The molecule has 103 heavy (non-hydrogen) atoms. The summed E-state index contributed by atoms with van der Waals surface area (Å²) in [5.74, 6) is -3.43. The number of carbonyl (C=O) groups is 2. The van der Waals surface area contributed by atoms with Crippen LogP contribution in [0.2, 0.25) is 72.9 Å². The summed E-state index contributed by atoms with van der Waals surface area (Å²) in [5.41, 5.74) is 12.0. The van der Waals surface area contributed by atoms with Gasteiger partial charge in [0, 0.05) is 34.5 Å². The Hall–Kier alpha value is -3.63. The first-order chi connectivity index (χ1) is 46.3. The minimum Gasteiger partial charge on any atom is -0.444 e. The largest absolute Gasteiger partial charge is 1.00 e. The zero-order valence-corrected chi connectivity index (χ0v) is 72.4. The van der Waals surface area contributed by atoms with E-state index in [4.69, 9.17) is 120 Å². The van der Waals surface area contributed by atoms with Gasteiger partial charge in [-0.1, -0.05) is 175 Å². The number of nitrogens with two attached hydrogens (primary N) is 2. The maximum Gasteiger partial charge on any atom is 1.00 e. The van der Waals surface area contributed by atoms with Crippen LogP contribution in [0.1, 0.15) is 113 Å². The number of benzene rings is 6. The number of aliphatic hydroxyl groups excluding tert-OH is 3. The molecule has 6 aromatic carbocycles. The standard InChI is InChI=1S/C14H21BrClFOSi.C13H17ClFNO3.C11H13ClFNO2.C8H7BrClFO.C8H9ClFNO.C7H18Si.C6H5ClFN.C2H4O.CH4.HNO2.Na/c1-14(2,3)19(4,5)18-9-8-10-6-7-11(16)13(17)12(10)15;1-13(2,3)19-12(18)16-11-8(6-7-17)4-5-9(14)10(11)15;1-11(2,3)16-10(15)14-8-6-4-5-7(12)9(8)13;9-7-5(3-4-12)1-2-6(10)8(7)11;9-6-2-1-5(3-4-12)8(11)7(6)10;1-7(2,3)8(4,5)6;7-4-2-1-3-5(9)6(4)8;1-2-3-1;;2-1-3;/h6-7H,8-9H2,1-5H3;4-5,17H,6-7H2,1-3H3,(H,16,18);4-6H,1-3H3,(H,14,15);1-2,12H,3-4H2;1-2,12H,3-4,11H2;1-6H3;1-3H,9H2;1-2H2;1H4;(H,2,3);/q;;;;;;;;;;+1/p-1. The molecule has 1 heterocycles. The van der Waals surface area contributed by atoms with E-state index in [1.165, 1.54) is 48.5 Å². The van der Waals surface area contributed by atoms with Gasteiger partial charge in [-0.15, -0.1) is 5.34 Å². The summed E-state index contributed by atoms with van der Waals surface area (Å²) in [5, 5.41) is 40.7. The average molecular weight is 1750 g/mol. The molecule has 16 nitrogen and oxygen atoms in total. The van der Waals surface area contributed by atoms with Crippen LogP contribution in [0, 0.1) is 45.0 Å². The summed E-state index contributed by atoms with van der Waals surface area (Å²) in [7, 11) is -2.59. The summed E-state index contributed by atoms with van der Waals surface area (Å²) in [4.78, 5) is 31.0. The molecule has 6 aromatic rings. The molecule has 1 aliphatic heterocycles. The van der Waals surface area contributed by atoms with Crippen molar-refractivity contribution in [2.45, 2.75) is 170 Å². The Morgan fingerprint density at radius 2 is 0.864 bits per heavy atom. The number of aliphatic hydroxyl groups is 3. The number of hydrogen-bond acceptors (Lipinski definition) is 14. The molecule has 576 valence electrons. The van der Waals surface area contributed by atoms with Gasteiger partial charge in [0.1, 0.15) is 11.2 Å². The second kappa shape index (κ2) is 50.9. The van der Waals surface area contributed by atoms with E-state index in [0.717, 1.165) is 29.7 Å². The number of halogens is 14. The van der Waals surface area contributed by atoms with E-state index in [0.29, 0.717) is 51.0 Å². The topological polar surface area (TPSA) is 264 Å². The van der Waals surface area contributed by atoms with Crippen molar-refractivity contribution in [3.63, 3.8) is 0 Å². The summed E-state index contributed by atoms with van der Waals surface area (Å²) in [6.07, 6.45) is 0.177. The fraction of sp³-hybridized carbons (Fsp3) is 0.457. The van der Waals surface area contributed by atoms with Crippen LogP contribution in [-0.4, -0.2) is 94.7 Å². The Bertz CT molecular complexity index is 3470. The summed E-state index contributed by atoms with van der Waals surface area (Å²) >= 11 is 39.6. The van der Waals surface area contributed by atoms with E-state index in [2.05, 4.69) is 122 Å². The molecule has 0 radical (unpaired) electrons. The van der Waals surface area contributed by atoms with E-state index < -0.39 is 74.7 Å². The molecule has 1 fully saturated rings. The summed E-state index contributed by atoms with van der Waals surface area (Å²) in [6, 6.07) is 21.4. The first-order valence-corrected chi connectivity index (χ1v) is 41.1. The molecule has 9 N–H and O–H groups in total. The third kappa shape index (κ3) is 43.2. The first kappa shape index (κ1) is 106. The number of hydrogen-bond donors (Lipinski definition) is 7. The van der Waals surface area contributed by atoms with Crippen molar-refractivity contribution in [3.05, 3.63) is 191 Å². The molecule has 0 atom stereocenters. The third-order valence-corrected chi connectivity index (χ3v) is 26.6. The van der Waals surface area contributed by atoms with Gasteiger partial charge in [-0.3, -0.25) is 10.6 Å². The van der Waals surface area contributed by atoms with Crippen LogP contribution in [0.25, 0.3) is 0 Å². The monoisotopic (exact) mass is 1750 g/mol. The maximum atomic E-state index is 13.9. The number of epoxide rings is 1. The van der Waals surface area contributed by atoms with Crippen LogP contribution >= 0.6 is 101 Å². The van der Waals surface area contributed by atoms with Crippen LogP contribution in [0.3, 0.4) is 0 Å². The summed E-state index contributed by atoms with van der Waals surface area (Å²) < 4.78 is 101. The normalized spacial score (nSPS) is 11.3. The number of anilines is 4. The molecule has 1 aliphatic rings. The molecule has 1 saturated heterocycles. The smallest absolute Gasteiger partial charge is 0.444 e. The van der Waals surface area contributed by atoms with Gasteiger partial charge in [0.25, 0.3) is 0 Å². The van der Waals surface area contributed by atoms with Crippen molar-refractivity contribution in [1.29, 1.82) is 0 Å². The molecule has 0 aromatic heterocycles. The van der Waals surface area contributed by atoms with Gasteiger partial charge in [-0.25, -0.2) is 35.9 Å². The third-order valence-electron chi connectivity index (χ3n) is 14.1. The molecule has 7 rings (SSSR count). The molecule has 0 bridgehead atoms. The minimum absolute atomic E-state index is 0. The van der Waals surface area contributed by atoms with Crippen LogP contribution in [-0.2, 0) is 44.3 Å². The van der Waals surface area contributed by atoms with E-state index in [-0.39, 0.29) is 121 Å². The zero-order valence-electron chi connectivity index (χ0n) is 60.7. The van der Waals surface area contributed by atoms with Crippen molar-refractivity contribution in [2.24, 2.45) is 5.34 Å². The minimum atomic E-state index is -1.74. The van der Waals surface area contributed by atoms with Crippen molar-refractivity contribution in [3.8, 4) is 0 Å². The van der Waals surface area contributed by atoms with Gasteiger partial charge in [0.05, 0.1) is 75.0 Å². The molecule has 0 aliphatic carbocycles. The Balaban J connectivity index is -0.000000554. The molecule has 33 heteroatoms. The van der Waals surface area contributed by atoms with E-state index in [1.807, 2.05) is 6.07 Å². The predicted octanol–water partition coefficient (Wildman–Crippen LogP) is 20.5. The number of rotatable bonds is 12. The zero-order chi connectivity index (χ0) is 78.8. The number of carbonyl (C=O) groups excluding carboxylic acids is 2. The van der Waals surface area contributed by atoms with Crippen LogP contribution in [0.4, 0.5) is 58.7 Å². The number of amides is 2. The number of nitrogens with zero attached hydrogens (tertiary/aromatic N) is 1. The van der Waals surface area contributed by atoms with Crippen molar-refractivity contribution in [1.82, 2.24) is 0 Å². The molecule has 0 unspecified atom stereocenters. The fourth-order valence-corrected chi connectivity index (χ4v) is 9.57. The Labute approximate surface area is 674 Å². The van der Waals surface area contributed by atoms with Crippen LogP contribution < -0.4 is 51.7 Å². The van der Waals surface area contributed by atoms with Crippen molar-refractivity contribution < 1.29 is 99.4 Å². The van der Waals surface area contributed by atoms with Gasteiger partial charge >= 0.3 is 41.7 Å². The SMILES string of the molecule is C.C1CO1.CC(C)(C)OC(=O)Nc1c(CCO)ccc(Cl)c1F.CC(C)(C)OC(=O)Nc1cccc(Cl)c1F.CC(C)(C)[Si](C)(C)C.CC(C)(C)[Si](C)(C)OCCc1ccc(Cl)c(F)c1Br.Nc1c(CCO)ccc(Cl)c1F.Nc1cccc(Cl)c1F.O=N[O-].OCCc1ccc(Cl)c(F)c1Br.[Na+]. The quantitative estimate of drug-likeness (QED) is 0.0114. The van der Waals surface area contributed by atoms with Gasteiger partial charge in [-0.05, 0) is 193 Å². The van der Waals surface area contributed by atoms with Crippen LogP contribution in [0.15, 0.2) is 99.2 Å². The van der Waals surface area contributed by atoms with Gasteiger partial charge < -0.3 is 55.5 Å². The van der Waals surface area contributed by atoms with Crippen molar-refractivity contribution >= 4 is 153 Å². The predicted molar refractivity (Wildman–Crippen MR) is 421 cm³/mol. The summed E-state index contributed by atoms with van der Waals surface area (Å²) in [6.45, 7) is 37.9. The molecule has 0 spiro atoms. The first-order valence-electron chi connectivity index (χ1n) is 30.9. The molecular formula is C70H98Br2Cl6F6N5NaO11Si2. The Morgan fingerprint density at radius 3 is 1.23 bits per heavy atom. The molecule has 2 amide bonds.